The van der Waals surface area contributed by atoms with E-state index in [0.29, 0.717) is 12.8 Å². The van der Waals surface area contributed by atoms with Gasteiger partial charge in [-0.25, -0.2) is 4.79 Å². The molecule has 0 aromatic heterocycles. The van der Waals surface area contributed by atoms with Gasteiger partial charge in [-0.15, -0.1) is 6.58 Å². The Labute approximate surface area is 167 Å². The zero-order valence-electron chi connectivity index (χ0n) is 17.5. The Balaban J connectivity index is 1.93. The van der Waals surface area contributed by atoms with Crippen LogP contribution in [-0.4, -0.2) is 40.8 Å². The predicted molar refractivity (Wildman–Crippen MR) is 104 cm³/mol. The number of ketones is 1. The van der Waals surface area contributed by atoms with Gasteiger partial charge in [-0.05, 0) is 42.9 Å². The summed E-state index contributed by atoms with van der Waals surface area (Å²) in [6.45, 7) is 11.8. The van der Waals surface area contributed by atoms with Crippen LogP contribution in [0.3, 0.4) is 0 Å². The van der Waals surface area contributed by atoms with Gasteiger partial charge < -0.3 is 14.9 Å². The molecule has 4 bridgehead atoms. The van der Waals surface area contributed by atoms with E-state index < -0.39 is 35.6 Å². The molecule has 0 aromatic carbocycles. The highest BCUT2D eigenvalue weighted by Crippen LogP contribution is 2.78. The molecule has 6 unspecified atom stereocenters. The van der Waals surface area contributed by atoms with E-state index in [2.05, 4.69) is 27.4 Å². The van der Waals surface area contributed by atoms with E-state index in [1.54, 1.807) is 0 Å². The normalized spacial score (nSPS) is 54.8. The van der Waals surface area contributed by atoms with E-state index in [0.717, 1.165) is 19.3 Å². The zero-order chi connectivity index (χ0) is 20.7. The summed E-state index contributed by atoms with van der Waals surface area (Å²) in [4.78, 5) is 25.3. The first-order valence-electron chi connectivity index (χ1n) is 10.7. The molecule has 156 valence electrons. The van der Waals surface area contributed by atoms with E-state index in [1.165, 1.54) is 0 Å². The van der Waals surface area contributed by atoms with Gasteiger partial charge in [0.05, 0.1) is 6.10 Å². The maximum atomic E-state index is 13.2. The summed E-state index contributed by atoms with van der Waals surface area (Å²) < 4.78 is 5.86. The third-order valence-corrected chi connectivity index (χ3v) is 9.63. The average molecular weight is 391 g/mol. The van der Waals surface area contributed by atoms with Crippen LogP contribution in [0.4, 0.5) is 0 Å². The molecule has 5 fully saturated rings. The van der Waals surface area contributed by atoms with E-state index in [9.17, 15) is 19.8 Å². The monoisotopic (exact) mass is 390 g/mol. The van der Waals surface area contributed by atoms with Crippen molar-refractivity contribution in [3.05, 3.63) is 12.7 Å². The average Bonchev–Trinajstić information content (AvgIpc) is 3.03. The second-order valence-corrected chi connectivity index (χ2v) is 10.7. The van der Waals surface area contributed by atoms with Crippen LogP contribution in [0.1, 0.15) is 59.8 Å². The number of fused-ring (bicyclic) bond motifs is 4. The largest absolute Gasteiger partial charge is 0.459 e. The second kappa shape index (κ2) is 5.91. The van der Waals surface area contributed by atoms with E-state index in [1.807, 2.05) is 13.0 Å². The Kier molecular flexibility index (Phi) is 4.24. The zero-order valence-corrected chi connectivity index (χ0v) is 17.5. The molecule has 2 N–H and O–H groups in total. The lowest BCUT2D eigenvalue weighted by molar-refractivity contribution is -0.294. The van der Waals surface area contributed by atoms with Crippen molar-refractivity contribution in [2.45, 2.75) is 72.0 Å². The Morgan fingerprint density at radius 1 is 1.32 bits per heavy atom. The quantitative estimate of drug-likeness (QED) is 0.572. The van der Waals surface area contributed by atoms with Gasteiger partial charge in [0.2, 0.25) is 0 Å². The van der Waals surface area contributed by atoms with Crippen molar-refractivity contribution in [2.24, 2.45) is 39.4 Å². The molecule has 28 heavy (non-hydrogen) atoms. The van der Waals surface area contributed by atoms with Crippen LogP contribution in [-0.2, 0) is 14.3 Å². The molecule has 5 nitrogen and oxygen atoms in total. The summed E-state index contributed by atoms with van der Waals surface area (Å²) in [7, 11) is 0. The highest BCUT2D eigenvalue weighted by molar-refractivity contribution is 5.86. The lowest BCUT2D eigenvalue weighted by atomic mass is 9.33. The van der Waals surface area contributed by atoms with Crippen LogP contribution in [0.15, 0.2) is 12.7 Å². The highest BCUT2D eigenvalue weighted by atomic mass is 16.6. The van der Waals surface area contributed by atoms with Gasteiger partial charge in [-0.3, -0.25) is 4.79 Å². The minimum Gasteiger partial charge on any atom is -0.459 e. The minimum atomic E-state index is -0.658. The first-order valence-corrected chi connectivity index (χ1v) is 10.7. The lowest BCUT2D eigenvalue weighted by Gasteiger charge is -2.72. The molecular weight excluding hydrogens is 356 g/mol. The van der Waals surface area contributed by atoms with E-state index >= 15 is 0 Å². The fourth-order valence-corrected chi connectivity index (χ4v) is 8.67. The number of Topliss-reactive ketones (excluding diaryl/α,β-unsaturated/α-hetero) is 1. The number of hydrogen-bond acceptors (Lipinski definition) is 5. The van der Waals surface area contributed by atoms with Crippen molar-refractivity contribution >= 4 is 11.8 Å². The van der Waals surface area contributed by atoms with Crippen molar-refractivity contribution in [1.29, 1.82) is 0 Å². The summed E-state index contributed by atoms with van der Waals surface area (Å²) in [5.41, 5.74) is -1.59. The van der Waals surface area contributed by atoms with Crippen molar-refractivity contribution in [2.75, 3.05) is 6.61 Å². The fraction of sp³-hybridized carbons (Fsp3) is 0.826. The number of hydrogen-bond donors (Lipinski definition) is 2. The van der Waals surface area contributed by atoms with Gasteiger partial charge >= 0.3 is 5.97 Å². The summed E-state index contributed by atoms with van der Waals surface area (Å²) in [6.07, 6.45) is 4.70. The van der Waals surface area contributed by atoms with Crippen LogP contribution in [0.2, 0.25) is 0 Å². The van der Waals surface area contributed by atoms with Gasteiger partial charge in [-0.1, -0.05) is 33.8 Å². The van der Waals surface area contributed by atoms with Gasteiger partial charge in [0.1, 0.15) is 18.5 Å². The van der Waals surface area contributed by atoms with Crippen molar-refractivity contribution < 1.29 is 24.5 Å². The number of aliphatic hydroxyl groups is 2. The molecule has 0 aromatic rings. The number of rotatable bonds is 3. The van der Waals surface area contributed by atoms with Crippen molar-refractivity contribution in [1.82, 2.24) is 0 Å². The molecule has 0 aliphatic heterocycles. The summed E-state index contributed by atoms with van der Waals surface area (Å²) in [5.74, 6) is -0.387. The van der Waals surface area contributed by atoms with Gasteiger partial charge in [0.25, 0.3) is 0 Å². The molecule has 5 heteroatoms. The van der Waals surface area contributed by atoms with Crippen LogP contribution in [0, 0.1) is 39.4 Å². The molecule has 0 amide bonds. The molecule has 0 saturated heterocycles. The summed E-state index contributed by atoms with van der Waals surface area (Å²) in [5, 5.41) is 20.8. The third-order valence-electron chi connectivity index (χ3n) is 9.63. The smallest absolute Gasteiger partial charge is 0.332 e. The van der Waals surface area contributed by atoms with Gasteiger partial charge in [0.15, 0.2) is 0 Å². The molecule has 1 spiro atoms. The molecule has 9 atom stereocenters. The lowest BCUT2D eigenvalue weighted by Crippen LogP contribution is -2.74. The Morgan fingerprint density at radius 3 is 2.61 bits per heavy atom. The first kappa shape index (κ1) is 20.1. The fourth-order valence-electron chi connectivity index (χ4n) is 8.67. The van der Waals surface area contributed by atoms with E-state index in [4.69, 9.17) is 4.74 Å². The number of carbonyl (C=O) groups excluding carboxylic acids is 2. The van der Waals surface area contributed by atoms with Crippen molar-refractivity contribution in [3.8, 4) is 0 Å². The molecule has 5 rings (SSSR count). The highest BCUT2D eigenvalue weighted by Gasteiger charge is 2.79. The Hall–Kier alpha value is -1.20. The molecule has 5 saturated carbocycles. The molecule has 0 radical (unpaired) electrons. The van der Waals surface area contributed by atoms with Crippen LogP contribution >= 0.6 is 0 Å². The van der Waals surface area contributed by atoms with Crippen LogP contribution in [0.25, 0.3) is 0 Å². The summed E-state index contributed by atoms with van der Waals surface area (Å²) in [6, 6.07) is 0. The molecular formula is C23H34O5. The van der Waals surface area contributed by atoms with Crippen molar-refractivity contribution in [3.63, 3.8) is 0 Å². The molecule has 0 heterocycles. The second-order valence-electron chi connectivity index (χ2n) is 10.7. The SMILES string of the molecule is C=C[C@@]1(C)CC2(C)C3CCC4(CCC(=O)C4C3(C)[C@@H]2OC(=O)CO)[C@@H](C)C1O. The van der Waals surface area contributed by atoms with Crippen LogP contribution < -0.4 is 0 Å². The Bertz CT molecular complexity index is 733. The number of ether oxygens (including phenoxy) is 1. The van der Waals surface area contributed by atoms with Crippen LogP contribution in [0.5, 0.6) is 0 Å². The molecule has 5 aliphatic rings. The maximum absolute atomic E-state index is 13.2. The predicted octanol–water partition coefficient (Wildman–Crippen LogP) is 2.89. The Morgan fingerprint density at radius 2 is 2.00 bits per heavy atom. The number of aliphatic hydroxyl groups excluding tert-OH is 2. The topological polar surface area (TPSA) is 83.8 Å². The van der Waals surface area contributed by atoms with Gasteiger partial charge in [-0.2, -0.15) is 0 Å². The maximum Gasteiger partial charge on any atom is 0.332 e. The first-order chi connectivity index (χ1) is 13.0. The number of carbonyl (C=O) groups is 2. The third kappa shape index (κ3) is 2.10. The van der Waals surface area contributed by atoms with Gasteiger partial charge in [0, 0.05) is 28.6 Å². The number of esters is 1. The minimum absolute atomic E-state index is 0.0399. The standard InChI is InChI=1S/C23H34O5/c1-6-20(3)12-21(4)15-8-10-23(13(2)18(20)27)9-7-14(25)17(23)22(15,5)19(21)28-16(26)11-24/h6,13,15,17-19,24,27H,1,7-12H2,2-5H3/t13-,15?,17?,18?,19+,20-,21?,22?,23?/m0/s1. The van der Waals surface area contributed by atoms with E-state index in [-0.39, 0.29) is 34.4 Å². The molecule has 5 aliphatic carbocycles. The summed E-state index contributed by atoms with van der Waals surface area (Å²) >= 11 is 0.